The summed E-state index contributed by atoms with van der Waals surface area (Å²) in [5, 5.41) is 0.527. The van der Waals surface area contributed by atoms with Crippen LogP contribution in [0, 0.1) is 6.92 Å². The molecule has 0 fully saturated rings. The lowest BCUT2D eigenvalue weighted by atomic mass is 10.0. The summed E-state index contributed by atoms with van der Waals surface area (Å²) in [5.41, 5.74) is 1.05. The summed E-state index contributed by atoms with van der Waals surface area (Å²) >= 11 is 0. The van der Waals surface area contributed by atoms with Crippen molar-refractivity contribution in [3.05, 3.63) is 94.3 Å². The van der Waals surface area contributed by atoms with E-state index in [-0.39, 0.29) is 21.8 Å². The van der Waals surface area contributed by atoms with Crippen LogP contribution >= 0.6 is 0 Å². The Kier molecular flexibility index (Phi) is 5.20. The van der Waals surface area contributed by atoms with Crippen LogP contribution in [0.3, 0.4) is 0 Å². The number of hydrogen-bond donors (Lipinski definition) is 0. The van der Waals surface area contributed by atoms with Crippen LogP contribution < -0.4 is 9.81 Å². The predicted molar refractivity (Wildman–Crippen MR) is 117 cm³/mol. The summed E-state index contributed by atoms with van der Waals surface area (Å²) in [7, 11) is -4.31. The molecule has 0 unspecified atom stereocenters. The highest BCUT2D eigenvalue weighted by Crippen LogP contribution is 2.34. The zero-order chi connectivity index (χ0) is 22.2. The number of rotatable bonds is 5. The van der Waals surface area contributed by atoms with Crippen molar-refractivity contribution in [2.75, 3.05) is 0 Å². The maximum Gasteiger partial charge on any atom is 0.339 e. The van der Waals surface area contributed by atoms with Crippen LogP contribution in [0.2, 0.25) is 0 Å². The molecule has 0 aliphatic heterocycles. The van der Waals surface area contributed by atoms with Crippen LogP contribution in [0.5, 0.6) is 5.75 Å². The smallest absolute Gasteiger partial charge is 0.339 e. The minimum Gasteiger partial charge on any atom is -0.422 e. The second-order valence-electron chi connectivity index (χ2n) is 7.02. The highest BCUT2D eigenvalue weighted by atomic mass is 32.2. The first-order valence-corrected chi connectivity index (χ1v) is 10.9. The van der Waals surface area contributed by atoms with Crippen LogP contribution in [-0.4, -0.2) is 14.2 Å². The second kappa shape index (κ2) is 7.85. The van der Waals surface area contributed by atoms with Gasteiger partial charge in [0, 0.05) is 17.0 Å². The molecule has 4 aromatic rings. The summed E-state index contributed by atoms with van der Waals surface area (Å²) in [6.45, 7) is 2.96. The second-order valence-corrected chi connectivity index (χ2v) is 8.53. The minimum absolute atomic E-state index is 0.00143. The molecule has 7 heteroatoms. The zero-order valence-corrected chi connectivity index (χ0v) is 17.6. The fourth-order valence-electron chi connectivity index (χ4n) is 3.47. The van der Waals surface area contributed by atoms with Gasteiger partial charge < -0.3 is 8.60 Å². The predicted octanol–water partition coefficient (Wildman–Crippen LogP) is 4.74. The highest BCUT2D eigenvalue weighted by Gasteiger charge is 2.25. The zero-order valence-electron chi connectivity index (χ0n) is 16.8. The van der Waals surface area contributed by atoms with Gasteiger partial charge in [0.1, 0.15) is 10.5 Å². The summed E-state index contributed by atoms with van der Waals surface area (Å²) < 4.78 is 37.1. The Bertz CT molecular complexity index is 1470. The number of benzene rings is 3. The van der Waals surface area contributed by atoms with E-state index in [1.165, 1.54) is 25.1 Å². The van der Waals surface area contributed by atoms with Gasteiger partial charge in [0.15, 0.2) is 17.1 Å². The number of fused-ring (bicyclic) bond motifs is 1. The fourth-order valence-corrected chi connectivity index (χ4v) is 4.64. The first-order valence-electron chi connectivity index (χ1n) is 9.45. The molecule has 0 saturated carbocycles. The van der Waals surface area contributed by atoms with E-state index in [9.17, 15) is 18.0 Å². The lowest BCUT2D eigenvalue weighted by Crippen LogP contribution is -2.14. The summed E-state index contributed by atoms with van der Waals surface area (Å²) in [6.07, 6.45) is 0. The Labute approximate surface area is 178 Å². The SMILES string of the molecule is CC(=O)c1c(OS(=O)(=O)c2ccccc2-c2ccccc2)ccc2c(C)cc(=O)oc12. The molecule has 0 amide bonds. The Hall–Kier alpha value is -3.71. The maximum atomic E-state index is 13.2. The van der Waals surface area contributed by atoms with Gasteiger partial charge in [0.25, 0.3) is 0 Å². The van der Waals surface area contributed by atoms with Crippen molar-refractivity contribution in [2.24, 2.45) is 0 Å². The third kappa shape index (κ3) is 3.87. The molecule has 156 valence electrons. The molecule has 0 N–H and O–H groups in total. The Morgan fingerprint density at radius 1 is 0.935 bits per heavy atom. The topological polar surface area (TPSA) is 90.7 Å². The van der Waals surface area contributed by atoms with Crippen molar-refractivity contribution in [3.63, 3.8) is 0 Å². The molecule has 31 heavy (non-hydrogen) atoms. The van der Waals surface area contributed by atoms with Crippen molar-refractivity contribution < 1.29 is 21.8 Å². The van der Waals surface area contributed by atoms with Crippen LogP contribution in [0.1, 0.15) is 22.8 Å². The molecule has 0 bridgehead atoms. The normalized spacial score (nSPS) is 11.4. The van der Waals surface area contributed by atoms with Crippen molar-refractivity contribution in [1.29, 1.82) is 0 Å². The van der Waals surface area contributed by atoms with Crippen molar-refractivity contribution in [1.82, 2.24) is 0 Å². The number of hydrogen-bond acceptors (Lipinski definition) is 6. The van der Waals surface area contributed by atoms with Gasteiger partial charge in [-0.25, -0.2) is 4.79 Å². The van der Waals surface area contributed by atoms with E-state index in [0.29, 0.717) is 22.1 Å². The van der Waals surface area contributed by atoms with E-state index in [0.717, 1.165) is 0 Å². The lowest BCUT2D eigenvalue weighted by Gasteiger charge is -2.14. The molecule has 4 rings (SSSR count). The average molecular weight is 434 g/mol. The molecule has 0 aliphatic carbocycles. The largest absolute Gasteiger partial charge is 0.422 e. The third-order valence-corrected chi connectivity index (χ3v) is 6.17. The van der Waals surface area contributed by atoms with E-state index < -0.39 is 21.5 Å². The molecule has 6 nitrogen and oxygen atoms in total. The van der Waals surface area contributed by atoms with Gasteiger partial charge in [-0.3, -0.25) is 4.79 Å². The lowest BCUT2D eigenvalue weighted by molar-refractivity contribution is 0.101. The van der Waals surface area contributed by atoms with Gasteiger partial charge in [-0.15, -0.1) is 0 Å². The first kappa shape index (κ1) is 20.6. The molecular formula is C24H18O6S. The molecule has 0 aliphatic rings. The standard InChI is InChI=1S/C24H18O6S/c1-15-14-22(26)29-24-18(15)12-13-20(23(24)16(2)25)30-31(27,28)21-11-7-6-10-19(21)17-8-4-3-5-9-17/h3-14H,1-2H3. The number of ketones is 1. The number of aryl methyl sites for hydroxylation is 1. The Balaban J connectivity index is 1.88. The van der Waals surface area contributed by atoms with Crippen molar-refractivity contribution >= 4 is 26.9 Å². The van der Waals surface area contributed by atoms with Gasteiger partial charge in [0.2, 0.25) is 0 Å². The molecule has 0 atom stereocenters. The summed E-state index contributed by atoms with van der Waals surface area (Å²) in [4.78, 5) is 24.2. The van der Waals surface area contributed by atoms with E-state index in [4.69, 9.17) is 8.60 Å². The van der Waals surface area contributed by atoms with E-state index >= 15 is 0 Å². The quantitative estimate of drug-likeness (QED) is 0.256. The van der Waals surface area contributed by atoms with Crippen LogP contribution in [0.15, 0.2) is 86.9 Å². The molecule has 0 spiro atoms. The van der Waals surface area contributed by atoms with E-state index in [1.54, 1.807) is 55.5 Å². The van der Waals surface area contributed by atoms with Crippen molar-refractivity contribution in [3.8, 4) is 16.9 Å². The first-order chi connectivity index (χ1) is 14.8. The van der Waals surface area contributed by atoms with Gasteiger partial charge in [0.05, 0.1) is 0 Å². The highest BCUT2D eigenvalue weighted by molar-refractivity contribution is 7.87. The Morgan fingerprint density at radius 3 is 2.32 bits per heavy atom. The third-order valence-electron chi connectivity index (χ3n) is 4.87. The molecule has 3 aromatic carbocycles. The molecule has 1 heterocycles. The number of carbonyl (C=O) groups excluding carboxylic acids is 1. The van der Waals surface area contributed by atoms with Crippen LogP contribution in [-0.2, 0) is 10.1 Å². The number of carbonyl (C=O) groups is 1. The monoisotopic (exact) mass is 434 g/mol. The Morgan fingerprint density at radius 2 is 1.61 bits per heavy atom. The van der Waals surface area contributed by atoms with Gasteiger partial charge in [-0.1, -0.05) is 48.5 Å². The summed E-state index contributed by atoms with van der Waals surface area (Å²) in [5.74, 6) is -0.683. The van der Waals surface area contributed by atoms with Crippen LogP contribution in [0.4, 0.5) is 0 Å². The maximum absolute atomic E-state index is 13.2. The fraction of sp³-hybridized carbons (Fsp3) is 0.0833. The minimum atomic E-state index is -4.31. The van der Waals surface area contributed by atoms with Gasteiger partial charge in [-0.2, -0.15) is 8.42 Å². The molecular weight excluding hydrogens is 416 g/mol. The van der Waals surface area contributed by atoms with Crippen LogP contribution in [0.25, 0.3) is 22.1 Å². The van der Waals surface area contributed by atoms with E-state index in [2.05, 4.69) is 0 Å². The van der Waals surface area contributed by atoms with E-state index in [1.807, 2.05) is 6.07 Å². The molecule has 0 saturated heterocycles. The average Bonchev–Trinajstić information content (AvgIpc) is 2.73. The van der Waals surface area contributed by atoms with Gasteiger partial charge in [-0.05, 0) is 43.2 Å². The molecule has 0 radical (unpaired) electrons. The summed E-state index contributed by atoms with van der Waals surface area (Å²) in [6, 6.07) is 19.8. The van der Waals surface area contributed by atoms with Gasteiger partial charge >= 0.3 is 15.7 Å². The number of Topliss-reactive ketones (excluding diaryl/α,β-unsaturated/α-hetero) is 1. The van der Waals surface area contributed by atoms with Crippen molar-refractivity contribution in [2.45, 2.75) is 18.7 Å². The molecule has 1 aromatic heterocycles.